The van der Waals surface area contributed by atoms with Crippen LogP contribution in [0.1, 0.15) is 37.8 Å². The smallest absolute Gasteiger partial charge is 0.244 e. The number of rotatable bonds is 6. The second-order valence-electron chi connectivity index (χ2n) is 5.04. The molecule has 20 heavy (non-hydrogen) atoms. The zero-order valence-corrected chi connectivity index (χ0v) is 11.9. The summed E-state index contributed by atoms with van der Waals surface area (Å²) in [6, 6.07) is 9.04. The Morgan fingerprint density at radius 3 is 2.95 bits per heavy atom. The normalized spacial score (nSPS) is 13.7. The van der Waals surface area contributed by atoms with Crippen molar-refractivity contribution in [2.24, 2.45) is 0 Å². The van der Waals surface area contributed by atoms with Gasteiger partial charge in [-0.05, 0) is 37.1 Å². The molecule has 1 unspecified atom stereocenters. The second-order valence-corrected chi connectivity index (χ2v) is 5.04. The van der Waals surface area contributed by atoms with E-state index in [0.29, 0.717) is 12.0 Å². The van der Waals surface area contributed by atoms with Crippen LogP contribution in [0.25, 0.3) is 6.08 Å². The van der Waals surface area contributed by atoms with Crippen LogP contribution in [0.4, 0.5) is 0 Å². The molecule has 1 rings (SSSR count). The molecule has 0 saturated heterocycles. The van der Waals surface area contributed by atoms with E-state index >= 15 is 0 Å². The number of hydrogen-bond donors (Lipinski definition) is 2. The molecule has 0 aliphatic rings. The van der Waals surface area contributed by atoms with Crippen LogP contribution in [-0.4, -0.2) is 23.2 Å². The third kappa shape index (κ3) is 5.68. The Morgan fingerprint density at radius 1 is 1.55 bits per heavy atom. The number of carbonyl (C=O) groups is 1. The Kier molecular flexibility index (Phi) is 5.95. The maximum absolute atomic E-state index is 11.6. The highest BCUT2D eigenvalue weighted by atomic mass is 16.3. The van der Waals surface area contributed by atoms with Gasteiger partial charge in [-0.15, -0.1) is 0 Å². The van der Waals surface area contributed by atoms with Gasteiger partial charge >= 0.3 is 0 Å². The highest BCUT2D eigenvalue weighted by Crippen LogP contribution is 2.10. The van der Waals surface area contributed by atoms with Gasteiger partial charge < -0.3 is 10.4 Å². The fourth-order valence-electron chi connectivity index (χ4n) is 1.85. The minimum absolute atomic E-state index is 0.224. The van der Waals surface area contributed by atoms with Crippen molar-refractivity contribution in [2.75, 3.05) is 6.54 Å². The molecule has 0 aliphatic carbocycles. The average Bonchev–Trinajstić information content (AvgIpc) is 2.43. The number of benzene rings is 1. The van der Waals surface area contributed by atoms with Crippen LogP contribution in [0.5, 0.6) is 0 Å². The molecule has 1 aromatic rings. The Labute approximate surface area is 119 Å². The molecule has 0 spiro atoms. The van der Waals surface area contributed by atoms with E-state index in [1.807, 2.05) is 19.1 Å². The van der Waals surface area contributed by atoms with Crippen molar-refractivity contribution in [2.45, 2.75) is 32.3 Å². The summed E-state index contributed by atoms with van der Waals surface area (Å²) in [6.45, 7) is 3.91. The number of amides is 1. The molecule has 1 aromatic carbocycles. The topological polar surface area (TPSA) is 73.1 Å². The van der Waals surface area contributed by atoms with Gasteiger partial charge in [0, 0.05) is 12.6 Å². The fraction of sp³-hybridized carbons (Fsp3) is 0.375. The molecule has 0 fully saturated rings. The van der Waals surface area contributed by atoms with Gasteiger partial charge in [-0.1, -0.05) is 25.5 Å². The molecule has 0 aromatic heterocycles. The Bertz CT molecular complexity index is 528. The number of hydrogen-bond acceptors (Lipinski definition) is 3. The van der Waals surface area contributed by atoms with Crippen LogP contribution >= 0.6 is 0 Å². The lowest BCUT2D eigenvalue weighted by Crippen LogP contribution is -2.39. The maximum atomic E-state index is 11.6. The maximum Gasteiger partial charge on any atom is 0.244 e. The van der Waals surface area contributed by atoms with Gasteiger partial charge in [-0.25, -0.2) is 0 Å². The van der Waals surface area contributed by atoms with Crippen LogP contribution in [0.2, 0.25) is 0 Å². The summed E-state index contributed by atoms with van der Waals surface area (Å²) in [5.74, 6) is -0.260. The van der Waals surface area contributed by atoms with Crippen molar-refractivity contribution in [3.8, 4) is 6.07 Å². The molecule has 0 radical (unpaired) electrons. The number of nitrogens with zero attached hydrogens (tertiary/aromatic N) is 1. The molecule has 2 N–H and O–H groups in total. The molecule has 106 valence electrons. The largest absolute Gasteiger partial charge is 0.388 e. The first-order valence-electron chi connectivity index (χ1n) is 6.65. The van der Waals surface area contributed by atoms with Crippen LogP contribution in [0, 0.1) is 11.3 Å². The van der Waals surface area contributed by atoms with Gasteiger partial charge in [0.25, 0.3) is 0 Å². The summed E-state index contributed by atoms with van der Waals surface area (Å²) in [5.41, 5.74) is 0.469. The van der Waals surface area contributed by atoms with Gasteiger partial charge in [0.2, 0.25) is 5.91 Å². The monoisotopic (exact) mass is 272 g/mol. The SMILES string of the molecule is CCCC(C)(O)CNC(=O)/C=C/c1cccc(C#N)c1. The van der Waals surface area contributed by atoms with Crippen molar-refractivity contribution in [3.05, 3.63) is 41.5 Å². The number of aliphatic hydroxyl groups is 1. The van der Waals surface area contributed by atoms with Gasteiger partial charge in [-0.2, -0.15) is 5.26 Å². The molecule has 4 heteroatoms. The number of carbonyl (C=O) groups excluding carboxylic acids is 1. The van der Waals surface area contributed by atoms with Crippen molar-refractivity contribution in [3.63, 3.8) is 0 Å². The van der Waals surface area contributed by atoms with Crippen molar-refractivity contribution >= 4 is 12.0 Å². The number of nitriles is 1. The molecule has 0 heterocycles. The first-order chi connectivity index (χ1) is 9.46. The zero-order chi connectivity index (χ0) is 15.0. The second kappa shape index (κ2) is 7.46. The van der Waals surface area contributed by atoms with Gasteiger partial charge in [0.05, 0.1) is 17.2 Å². The minimum atomic E-state index is -0.876. The van der Waals surface area contributed by atoms with E-state index in [-0.39, 0.29) is 12.5 Å². The lowest BCUT2D eigenvalue weighted by atomic mass is 10.0. The first-order valence-corrected chi connectivity index (χ1v) is 6.65. The lowest BCUT2D eigenvalue weighted by Gasteiger charge is -2.22. The highest BCUT2D eigenvalue weighted by molar-refractivity contribution is 5.91. The molecular formula is C16H20N2O2. The molecule has 1 atom stereocenters. The van der Waals surface area contributed by atoms with E-state index in [4.69, 9.17) is 5.26 Å². The summed E-state index contributed by atoms with van der Waals surface area (Å²) in [5, 5.41) is 21.4. The van der Waals surface area contributed by atoms with Crippen LogP contribution in [-0.2, 0) is 4.79 Å². The van der Waals surface area contributed by atoms with Crippen molar-refractivity contribution in [1.82, 2.24) is 5.32 Å². The van der Waals surface area contributed by atoms with E-state index in [1.165, 1.54) is 6.08 Å². The molecule has 1 amide bonds. The molecule has 0 aliphatic heterocycles. The zero-order valence-electron chi connectivity index (χ0n) is 11.9. The summed E-state index contributed by atoms with van der Waals surface area (Å²) >= 11 is 0. The minimum Gasteiger partial charge on any atom is -0.388 e. The highest BCUT2D eigenvalue weighted by Gasteiger charge is 2.18. The fourth-order valence-corrected chi connectivity index (χ4v) is 1.85. The standard InChI is InChI=1S/C16H20N2O2/c1-3-9-16(2,20)12-18-15(19)8-7-13-5-4-6-14(10-13)11-17/h4-8,10,20H,3,9,12H2,1-2H3,(H,18,19)/b8-7+. The first kappa shape index (κ1) is 15.9. The van der Waals surface area contributed by atoms with Gasteiger partial charge in [-0.3, -0.25) is 4.79 Å². The van der Waals surface area contributed by atoms with Crippen LogP contribution in [0.3, 0.4) is 0 Å². The van der Waals surface area contributed by atoms with Gasteiger partial charge in [0.1, 0.15) is 0 Å². The van der Waals surface area contributed by atoms with Crippen molar-refractivity contribution in [1.29, 1.82) is 5.26 Å². The molecule has 4 nitrogen and oxygen atoms in total. The predicted molar refractivity (Wildman–Crippen MR) is 78.7 cm³/mol. The average molecular weight is 272 g/mol. The van der Waals surface area contributed by atoms with E-state index < -0.39 is 5.60 Å². The van der Waals surface area contributed by atoms with Crippen molar-refractivity contribution < 1.29 is 9.90 Å². The third-order valence-corrected chi connectivity index (χ3v) is 2.87. The van der Waals surface area contributed by atoms with Crippen LogP contribution in [0.15, 0.2) is 30.3 Å². The molecular weight excluding hydrogens is 252 g/mol. The number of nitrogens with one attached hydrogen (secondary N) is 1. The van der Waals surface area contributed by atoms with Crippen LogP contribution < -0.4 is 5.32 Å². The Balaban J connectivity index is 2.54. The lowest BCUT2D eigenvalue weighted by molar-refractivity contribution is -0.117. The summed E-state index contributed by atoms with van der Waals surface area (Å²) in [7, 11) is 0. The molecule has 0 bridgehead atoms. The summed E-state index contributed by atoms with van der Waals surface area (Å²) < 4.78 is 0. The quantitative estimate of drug-likeness (QED) is 0.780. The van der Waals surface area contributed by atoms with E-state index in [0.717, 1.165) is 12.0 Å². The molecule has 0 saturated carbocycles. The van der Waals surface area contributed by atoms with E-state index in [2.05, 4.69) is 5.32 Å². The summed E-state index contributed by atoms with van der Waals surface area (Å²) in [6.07, 6.45) is 4.55. The predicted octanol–water partition coefficient (Wildman–Crippen LogP) is 2.24. The van der Waals surface area contributed by atoms with Gasteiger partial charge in [0.15, 0.2) is 0 Å². The van der Waals surface area contributed by atoms with E-state index in [9.17, 15) is 9.90 Å². The third-order valence-electron chi connectivity index (χ3n) is 2.87. The summed E-state index contributed by atoms with van der Waals surface area (Å²) in [4.78, 5) is 11.6. The van der Waals surface area contributed by atoms with E-state index in [1.54, 1.807) is 31.2 Å². The Morgan fingerprint density at radius 2 is 2.30 bits per heavy atom. The Hall–Kier alpha value is -2.12.